The van der Waals surface area contributed by atoms with Gasteiger partial charge in [-0.1, -0.05) is 72.8 Å². The van der Waals surface area contributed by atoms with Gasteiger partial charge in [-0.05, 0) is 41.7 Å². The number of benzene rings is 3. The minimum Gasteiger partial charge on any atom is -0.497 e. The van der Waals surface area contributed by atoms with E-state index in [1.54, 1.807) is 7.11 Å². The van der Waals surface area contributed by atoms with Gasteiger partial charge in [-0.3, -0.25) is 4.79 Å². The lowest BCUT2D eigenvalue weighted by Crippen LogP contribution is -2.13. The Morgan fingerprint density at radius 1 is 0.778 bits per heavy atom. The summed E-state index contributed by atoms with van der Waals surface area (Å²) in [6.07, 6.45) is 1.33. The van der Waals surface area contributed by atoms with Crippen LogP contribution in [0.4, 0.5) is 0 Å². The smallest absolute Gasteiger partial charge is 0.310 e. The van der Waals surface area contributed by atoms with E-state index in [-0.39, 0.29) is 5.92 Å². The largest absolute Gasteiger partial charge is 0.497 e. The molecule has 0 saturated heterocycles. The molecular weight excluding hydrogens is 336 g/mol. The molecular formula is C24H24O3. The average molecular weight is 360 g/mol. The van der Waals surface area contributed by atoms with E-state index in [0.717, 1.165) is 17.7 Å². The first kappa shape index (κ1) is 18.7. The Kier molecular flexibility index (Phi) is 6.26. The lowest BCUT2D eigenvalue weighted by atomic mass is 9.83. The van der Waals surface area contributed by atoms with Gasteiger partial charge >= 0.3 is 5.97 Å². The third-order valence-electron chi connectivity index (χ3n) is 4.96. The van der Waals surface area contributed by atoms with Crippen molar-refractivity contribution in [1.29, 1.82) is 0 Å². The monoisotopic (exact) mass is 360 g/mol. The van der Waals surface area contributed by atoms with Gasteiger partial charge in [0.2, 0.25) is 0 Å². The Morgan fingerprint density at radius 3 is 1.74 bits per heavy atom. The molecule has 3 nitrogen and oxygen atoms in total. The van der Waals surface area contributed by atoms with Gasteiger partial charge in [0.15, 0.2) is 0 Å². The maximum Gasteiger partial charge on any atom is 0.310 e. The van der Waals surface area contributed by atoms with E-state index in [0.29, 0.717) is 6.42 Å². The van der Waals surface area contributed by atoms with Gasteiger partial charge in [-0.25, -0.2) is 0 Å². The SMILES string of the molecule is COc1ccc(C(CCC(c2ccccc2)c2ccccc2)C(=O)O)cc1. The molecule has 0 aliphatic rings. The summed E-state index contributed by atoms with van der Waals surface area (Å²) < 4.78 is 5.18. The van der Waals surface area contributed by atoms with Crippen molar-refractivity contribution in [3.63, 3.8) is 0 Å². The molecule has 0 aliphatic heterocycles. The van der Waals surface area contributed by atoms with Gasteiger partial charge in [0, 0.05) is 5.92 Å². The van der Waals surface area contributed by atoms with Crippen molar-refractivity contribution in [3.8, 4) is 5.75 Å². The molecule has 0 bridgehead atoms. The molecule has 1 unspecified atom stereocenters. The molecule has 3 rings (SSSR count). The van der Waals surface area contributed by atoms with E-state index < -0.39 is 11.9 Å². The lowest BCUT2D eigenvalue weighted by molar-refractivity contribution is -0.139. The van der Waals surface area contributed by atoms with Crippen molar-refractivity contribution < 1.29 is 14.6 Å². The van der Waals surface area contributed by atoms with Crippen LogP contribution in [-0.4, -0.2) is 18.2 Å². The average Bonchev–Trinajstić information content (AvgIpc) is 2.72. The minimum absolute atomic E-state index is 0.174. The van der Waals surface area contributed by atoms with Crippen molar-refractivity contribution >= 4 is 5.97 Å². The van der Waals surface area contributed by atoms with E-state index in [1.165, 1.54) is 11.1 Å². The predicted molar refractivity (Wildman–Crippen MR) is 107 cm³/mol. The van der Waals surface area contributed by atoms with Crippen LogP contribution < -0.4 is 4.74 Å². The number of hydrogen-bond donors (Lipinski definition) is 1. The zero-order valence-corrected chi connectivity index (χ0v) is 15.4. The highest BCUT2D eigenvalue weighted by Crippen LogP contribution is 2.33. The highest BCUT2D eigenvalue weighted by molar-refractivity contribution is 5.76. The van der Waals surface area contributed by atoms with Gasteiger partial charge in [-0.2, -0.15) is 0 Å². The van der Waals surface area contributed by atoms with Crippen LogP contribution in [0.5, 0.6) is 5.75 Å². The highest BCUT2D eigenvalue weighted by Gasteiger charge is 2.23. The number of hydrogen-bond acceptors (Lipinski definition) is 2. The predicted octanol–water partition coefficient (Wildman–Crippen LogP) is 5.48. The number of carboxylic acid groups (broad SMARTS) is 1. The van der Waals surface area contributed by atoms with Crippen LogP contribution >= 0.6 is 0 Å². The van der Waals surface area contributed by atoms with E-state index in [1.807, 2.05) is 60.7 Å². The lowest BCUT2D eigenvalue weighted by Gasteiger charge is -2.21. The quantitative estimate of drug-likeness (QED) is 0.579. The third-order valence-corrected chi connectivity index (χ3v) is 4.96. The first-order valence-corrected chi connectivity index (χ1v) is 9.15. The Morgan fingerprint density at radius 2 is 1.30 bits per heavy atom. The molecule has 3 heteroatoms. The highest BCUT2D eigenvalue weighted by atomic mass is 16.5. The van der Waals surface area contributed by atoms with Crippen molar-refractivity contribution in [3.05, 3.63) is 102 Å². The van der Waals surface area contributed by atoms with Crippen LogP contribution in [0.2, 0.25) is 0 Å². The summed E-state index contributed by atoms with van der Waals surface area (Å²) in [7, 11) is 1.61. The number of ether oxygens (including phenoxy) is 1. The zero-order valence-electron chi connectivity index (χ0n) is 15.4. The molecule has 1 N–H and O–H groups in total. The second kappa shape index (κ2) is 9.04. The molecule has 3 aromatic rings. The van der Waals surface area contributed by atoms with Gasteiger partial charge in [0.1, 0.15) is 5.75 Å². The standard InChI is InChI=1S/C24H24O3/c1-27-21-14-12-20(13-15-21)23(24(25)26)17-16-22(18-8-4-2-5-9-18)19-10-6-3-7-11-19/h2-15,22-23H,16-17H2,1H3,(H,25,26). The number of carboxylic acids is 1. The van der Waals surface area contributed by atoms with Crippen LogP contribution in [0.1, 0.15) is 41.4 Å². The maximum absolute atomic E-state index is 11.9. The molecule has 0 fully saturated rings. The van der Waals surface area contributed by atoms with Gasteiger partial charge in [0.05, 0.1) is 13.0 Å². The van der Waals surface area contributed by atoms with Crippen molar-refractivity contribution in [2.24, 2.45) is 0 Å². The molecule has 0 saturated carbocycles. The van der Waals surface area contributed by atoms with Crippen molar-refractivity contribution in [2.75, 3.05) is 7.11 Å². The summed E-state index contributed by atoms with van der Waals surface area (Å²) in [6.45, 7) is 0. The molecule has 1 atom stereocenters. The Balaban J connectivity index is 1.83. The minimum atomic E-state index is -0.792. The molecule has 0 heterocycles. The Hall–Kier alpha value is -3.07. The normalized spacial score (nSPS) is 11.9. The molecule has 0 aromatic heterocycles. The fraction of sp³-hybridized carbons (Fsp3) is 0.208. The van der Waals surface area contributed by atoms with Gasteiger partial charge < -0.3 is 9.84 Å². The van der Waals surface area contributed by atoms with E-state index in [2.05, 4.69) is 24.3 Å². The zero-order chi connectivity index (χ0) is 19.1. The van der Waals surface area contributed by atoms with E-state index >= 15 is 0 Å². The number of rotatable bonds is 8. The molecule has 0 spiro atoms. The van der Waals surface area contributed by atoms with Crippen molar-refractivity contribution in [1.82, 2.24) is 0 Å². The van der Waals surface area contributed by atoms with Crippen LogP contribution in [0.3, 0.4) is 0 Å². The summed E-state index contributed by atoms with van der Waals surface area (Å²) >= 11 is 0. The van der Waals surface area contributed by atoms with Crippen LogP contribution in [0.25, 0.3) is 0 Å². The number of methoxy groups -OCH3 is 1. The third kappa shape index (κ3) is 4.76. The van der Waals surface area contributed by atoms with Crippen LogP contribution in [0.15, 0.2) is 84.9 Å². The Bertz CT molecular complexity index is 802. The molecule has 0 radical (unpaired) electrons. The molecule has 27 heavy (non-hydrogen) atoms. The van der Waals surface area contributed by atoms with Crippen LogP contribution in [-0.2, 0) is 4.79 Å². The summed E-state index contributed by atoms with van der Waals surface area (Å²) in [5, 5.41) is 9.78. The summed E-state index contributed by atoms with van der Waals surface area (Å²) in [5.41, 5.74) is 3.23. The number of carbonyl (C=O) groups is 1. The fourth-order valence-electron chi connectivity index (χ4n) is 3.50. The summed E-state index contributed by atoms with van der Waals surface area (Å²) in [5.74, 6) is -0.423. The van der Waals surface area contributed by atoms with Crippen LogP contribution in [0, 0.1) is 0 Å². The molecule has 3 aromatic carbocycles. The Labute approximate surface area is 160 Å². The molecule has 0 amide bonds. The van der Waals surface area contributed by atoms with E-state index in [9.17, 15) is 9.90 Å². The molecule has 138 valence electrons. The maximum atomic E-state index is 11.9. The second-order valence-electron chi connectivity index (χ2n) is 6.62. The fourth-order valence-corrected chi connectivity index (χ4v) is 3.50. The van der Waals surface area contributed by atoms with Crippen molar-refractivity contribution in [2.45, 2.75) is 24.7 Å². The number of aliphatic carboxylic acids is 1. The first-order chi connectivity index (χ1) is 13.2. The van der Waals surface area contributed by atoms with Gasteiger partial charge in [-0.15, -0.1) is 0 Å². The molecule has 0 aliphatic carbocycles. The summed E-state index contributed by atoms with van der Waals surface area (Å²) in [6, 6.07) is 27.9. The first-order valence-electron chi connectivity index (χ1n) is 9.15. The second-order valence-corrected chi connectivity index (χ2v) is 6.62. The van der Waals surface area contributed by atoms with E-state index in [4.69, 9.17) is 4.74 Å². The topological polar surface area (TPSA) is 46.5 Å². The summed E-state index contributed by atoms with van der Waals surface area (Å²) in [4.78, 5) is 11.9. The van der Waals surface area contributed by atoms with Gasteiger partial charge in [0.25, 0.3) is 0 Å².